The molecular weight excluding hydrogens is 206 g/mol. The van der Waals surface area contributed by atoms with Crippen LogP contribution >= 0.6 is 0 Å². The molecule has 1 aromatic rings. The van der Waals surface area contributed by atoms with Crippen LogP contribution in [0.2, 0.25) is 0 Å². The van der Waals surface area contributed by atoms with Crippen molar-refractivity contribution < 1.29 is 14.3 Å². The highest BCUT2D eigenvalue weighted by molar-refractivity contribution is 5.29. The van der Waals surface area contributed by atoms with Gasteiger partial charge in [-0.15, -0.1) is 0 Å². The van der Waals surface area contributed by atoms with Gasteiger partial charge in [-0.05, 0) is 11.1 Å². The van der Waals surface area contributed by atoms with Crippen molar-refractivity contribution in [2.24, 2.45) is 0 Å². The molecule has 0 saturated carbocycles. The van der Waals surface area contributed by atoms with Gasteiger partial charge in [-0.1, -0.05) is 24.3 Å². The molecule has 1 N–H and O–H groups in total. The van der Waals surface area contributed by atoms with Crippen molar-refractivity contribution >= 4 is 0 Å². The van der Waals surface area contributed by atoms with E-state index < -0.39 is 0 Å². The summed E-state index contributed by atoms with van der Waals surface area (Å²) in [5.41, 5.74) is 5.10. The number of rotatable bonds is 7. The van der Waals surface area contributed by atoms with E-state index in [1.807, 2.05) is 24.3 Å². The van der Waals surface area contributed by atoms with Crippen LogP contribution in [0.25, 0.3) is 0 Å². The van der Waals surface area contributed by atoms with Gasteiger partial charge in [0.25, 0.3) is 0 Å². The molecule has 0 aliphatic carbocycles. The second-order valence-corrected chi connectivity index (χ2v) is 3.40. The first-order valence-corrected chi connectivity index (χ1v) is 5.18. The standard InChI is InChI=1S/C12H19NO3/c1-14-9-12(15-2)11-7-5-4-6-10(11)8-13-16-3/h4-7,12-13H,8-9H2,1-3H3. The van der Waals surface area contributed by atoms with Gasteiger partial charge in [-0.25, -0.2) is 0 Å². The molecule has 0 aromatic heterocycles. The maximum absolute atomic E-state index is 5.40. The summed E-state index contributed by atoms with van der Waals surface area (Å²) >= 11 is 0. The van der Waals surface area contributed by atoms with Gasteiger partial charge >= 0.3 is 0 Å². The number of benzene rings is 1. The summed E-state index contributed by atoms with van der Waals surface area (Å²) in [5, 5.41) is 0. The van der Waals surface area contributed by atoms with Crippen LogP contribution in [0.3, 0.4) is 0 Å². The minimum atomic E-state index is -0.0418. The van der Waals surface area contributed by atoms with E-state index in [1.54, 1.807) is 21.3 Å². The zero-order valence-corrected chi connectivity index (χ0v) is 10.0. The van der Waals surface area contributed by atoms with E-state index >= 15 is 0 Å². The van der Waals surface area contributed by atoms with Crippen molar-refractivity contribution in [1.29, 1.82) is 0 Å². The molecule has 0 fully saturated rings. The third-order valence-corrected chi connectivity index (χ3v) is 2.41. The summed E-state index contributed by atoms with van der Waals surface area (Å²) in [7, 11) is 4.96. The number of hydroxylamine groups is 1. The molecule has 4 nitrogen and oxygen atoms in total. The monoisotopic (exact) mass is 225 g/mol. The molecule has 4 heteroatoms. The minimum Gasteiger partial charge on any atom is -0.382 e. The molecule has 0 bridgehead atoms. The van der Waals surface area contributed by atoms with Crippen LogP contribution in [0.5, 0.6) is 0 Å². The summed E-state index contributed by atoms with van der Waals surface area (Å²) in [6.07, 6.45) is -0.0418. The van der Waals surface area contributed by atoms with Crippen molar-refractivity contribution in [2.45, 2.75) is 12.6 Å². The maximum atomic E-state index is 5.40. The van der Waals surface area contributed by atoms with Crippen molar-refractivity contribution in [2.75, 3.05) is 27.9 Å². The van der Waals surface area contributed by atoms with Gasteiger partial charge in [0.2, 0.25) is 0 Å². The van der Waals surface area contributed by atoms with Crippen molar-refractivity contribution in [3.8, 4) is 0 Å². The first-order valence-electron chi connectivity index (χ1n) is 5.18. The Morgan fingerprint density at radius 2 is 1.94 bits per heavy atom. The average Bonchev–Trinajstić information content (AvgIpc) is 2.34. The Bertz CT molecular complexity index is 304. The molecule has 90 valence electrons. The smallest absolute Gasteiger partial charge is 0.106 e. The molecule has 0 saturated heterocycles. The lowest BCUT2D eigenvalue weighted by Gasteiger charge is -2.18. The lowest BCUT2D eigenvalue weighted by molar-refractivity contribution is 0.0260. The molecule has 1 aromatic carbocycles. The summed E-state index contributed by atoms with van der Waals surface area (Å²) in [6, 6.07) is 8.08. The predicted molar refractivity (Wildman–Crippen MR) is 61.9 cm³/mol. The first kappa shape index (κ1) is 13.1. The summed E-state index contributed by atoms with van der Waals surface area (Å²) in [4.78, 5) is 4.85. The Hall–Kier alpha value is -0.940. The van der Waals surface area contributed by atoms with Crippen LogP contribution in [0, 0.1) is 0 Å². The molecular formula is C12H19NO3. The molecule has 0 spiro atoms. The lowest BCUT2D eigenvalue weighted by Crippen LogP contribution is -2.16. The number of hydrogen-bond donors (Lipinski definition) is 1. The van der Waals surface area contributed by atoms with Crippen molar-refractivity contribution in [3.05, 3.63) is 35.4 Å². The SMILES string of the molecule is COCC(OC)c1ccccc1CNOC. The molecule has 1 unspecified atom stereocenters. The fraction of sp³-hybridized carbons (Fsp3) is 0.500. The maximum Gasteiger partial charge on any atom is 0.106 e. The van der Waals surface area contributed by atoms with E-state index in [9.17, 15) is 0 Å². The number of methoxy groups -OCH3 is 2. The Balaban J connectivity index is 2.82. The third kappa shape index (κ3) is 3.57. The van der Waals surface area contributed by atoms with Gasteiger partial charge in [-0.2, -0.15) is 5.48 Å². The van der Waals surface area contributed by atoms with Crippen LogP contribution in [0.1, 0.15) is 17.2 Å². The number of ether oxygens (including phenoxy) is 2. The molecule has 0 amide bonds. The zero-order valence-electron chi connectivity index (χ0n) is 10.0. The van der Waals surface area contributed by atoms with Crippen LogP contribution in [-0.4, -0.2) is 27.9 Å². The molecule has 0 aliphatic heterocycles. The highest BCUT2D eigenvalue weighted by Gasteiger charge is 2.13. The quantitative estimate of drug-likeness (QED) is 0.717. The predicted octanol–water partition coefficient (Wildman–Crippen LogP) is 1.67. The first-order chi connectivity index (χ1) is 7.83. The lowest BCUT2D eigenvalue weighted by atomic mass is 10.0. The number of nitrogens with one attached hydrogen (secondary N) is 1. The van der Waals surface area contributed by atoms with E-state index in [-0.39, 0.29) is 6.10 Å². The Morgan fingerprint density at radius 1 is 1.19 bits per heavy atom. The van der Waals surface area contributed by atoms with Gasteiger partial charge in [0.15, 0.2) is 0 Å². The van der Waals surface area contributed by atoms with Crippen LogP contribution < -0.4 is 5.48 Å². The van der Waals surface area contributed by atoms with Gasteiger partial charge in [0.1, 0.15) is 6.10 Å². The van der Waals surface area contributed by atoms with E-state index in [0.29, 0.717) is 13.2 Å². The molecule has 0 aliphatic rings. The zero-order chi connectivity index (χ0) is 11.8. The largest absolute Gasteiger partial charge is 0.382 e. The summed E-state index contributed by atoms with van der Waals surface area (Å²) in [6.45, 7) is 1.19. The van der Waals surface area contributed by atoms with Gasteiger partial charge in [0, 0.05) is 20.8 Å². The second-order valence-electron chi connectivity index (χ2n) is 3.40. The fourth-order valence-electron chi connectivity index (χ4n) is 1.60. The molecule has 0 heterocycles. The normalized spacial score (nSPS) is 12.7. The third-order valence-electron chi connectivity index (χ3n) is 2.41. The molecule has 1 rings (SSSR count). The Kier molecular flexibility index (Phi) is 6.03. The van der Waals surface area contributed by atoms with E-state index in [2.05, 4.69) is 5.48 Å². The molecule has 0 radical (unpaired) electrons. The van der Waals surface area contributed by atoms with Crippen molar-refractivity contribution in [1.82, 2.24) is 5.48 Å². The summed E-state index contributed by atoms with van der Waals surface area (Å²) < 4.78 is 10.5. The van der Waals surface area contributed by atoms with Gasteiger partial charge in [0.05, 0.1) is 13.7 Å². The molecule has 1 atom stereocenters. The highest BCUT2D eigenvalue weighted by atomic mass is 16.6. The molecule has 16 heavy (non-hydrogen) atoms. The van der Waals surface area contributed by atoms with Crippen LogP contribution in [0.4, 0.5) is 0 Å². The van der Waals surface area contributed by atoms with Crippen LogP contribution in [-0.2, 0) is 20.9 Å². The fourth-order valence-corrected chi connectivity index (χ4v) is 1.60. The van der Waals surface area contributed by atoms with Gasteiger partial charge < -0.3 is 14.3 Å². The number of hydrogen-bond acceptors (Lipinski definition) is 4. The van der Waals surface area contributed by atoms with Crippen LogP contribution in [0.15, 0.2) is 24.3 Å². The Morgan fingerprint density at radius 3 is 2.56 bits per heavy atom. The van der Waals surface area contributed by atoms with E-state index in [0.717, 1.165) is 11.1 Å². The summed E-state index contributed by atoms with van der Waals surface area (Å²) in [5.74, 6) is 0. The van der Waals surface area contributed by atoms with E-state index in [1.165, 1.54) is 0 Å². The topological polar surface area (TPSA) is 39.7 Å². The highest BCUT2D eigenvalue weighted by Crippen LogP contribution is 2.21. The minimum absolute atomic E-state index is 0.0418. The van der Waals surface area contributed by atoms with E-state index in [4.69, 9.17) is 14.3 Å². The van der Waals surface area contributed by atoms with Crippen molar-refractivity contribution in [3.63, 3.8) is 0 Å². The Labute approximate surface area is 96.5 Å². The average molecular weight is 225 g/mol. The second kappa shape index (κ2) is 7.35. The van der Waals surface area contributed by atoms with Gasteiger partial charge in [-0.3, -0.25) is 0 Å².